The fraction of sp³-hybridized carbons (Fsp3) is 0.625. The number of aryl methyl sites for hydroxylation is 1. The highest BCUT2D eigenvalue weighted by Crippen LogP contribution is 2.09. The summed E-state index contributed by atoms with van der Waals surface area (Å²) in [6, 6.07) is 8.36. The van der Waals surface area contributed by atoms with Crippen molar-refractivity contribution in [2.75, 3.05) is 72.0 Å². The lowest BCUT2D eigenvalue weighted by molar-refractivity contribution is -0.140. The summed E-state index contributed by atoms with van der Waals surface area (Å²) in [5, 5.41) is 27.9. The van der Waals surface area contributed by atoms with Crippen LogP contribution in [0.15, 0.2) is 24.3 Å². The number of nitrogens with zero attached hydrogens (tertiary/aromatic N) is 4. The van der Waals surface area contributed by atoms with Crippen LogP contribution in [0.3, 0.4) is 0 Å². The smallest absolute Gasteiger partial charge is 0.317 e. The van der Waals surface area contributed by atoms with Crippen LogP contribution in [0.1, 0.15) is 24.0 Å². The molecule has 3 N–H and O–H groups in total. The monoisotopic (exact) mass is 478 g/mol. The molecule has 2 rings (SSSR count). The van der Waals surface area contributed by atoms with E-state index in [1.807, 2.05) is 16.7 Å². The third-order valence-electron chi connectivity index (χ3n) is 5.97. The first-order chi connectivity index (χ1) is 16.2. The molecule has 34 heavy (non-hydrogen) atoms. The summed E-state index contributed by atoms with van der Waals surface area (Å²) in [5.74, 6) is -2.70. The Morgan fingerprint density at radius 3 is 1.35 bits per heavy atom. The van der Waals surface area contributed by atoms with Crippen molar-refractivity contribution in [1.82, 2.24) is 19.6 Å². The number of carbonyl (C=O) groups is 3. The maximum Gasteiger partial charge on any atom is 0.317 e. The molecule has 1 aliphatic heterocycles. The molecule has 0 aromatic heterocycles. The molecule has 1 fully saturated rings. The maximum atomic E-state index is 11.4. The standard InChI is InChI=1S/C24H38N4O6/c1-20-4-6-21(7-5-20)16-25-8-2-9-27(18-23(31)32)14-15-28(19-24(33)34)11-3-10-26(13-12-25)17-22(29)30/h4-7H,2-3,8-19H2,1H3,(H,29,30)(H,31,32)(H,33,34). The van der Waals surface area contributed by atoms with Crippen LogP contribution in [0.5, 0.6) is 0 Å². The van der Waals surface area contributed by atoms with Crippen LogP contribution in [0.25, 0.3) is 0 Å². The summed E-state index contributed by atoms with van der Waals surface area (Å²) in [5.41, 5.74) is 2.38. The number of rotatable bonds is 8. The van der Waals surface area contributed by atoms with E-state index in [0.717, 1.165) is 19.5 Å². The molecule has 0 amide bonds. The SMILES string of the molecule is Cc1ccc(CN2CCCN(CC(=O)O)CCN(CC(=O)O)CCCN(CC(=O)O)CC2)cc1. The summed E-state index contributed by atoms with van der Waals surface area (Å²) < 4.78 is 0. The molecule has 1 saturated heterocycles. The molecule has 1 aromatic carbocycles. The zero-order valence-electron chi connectivity index (χ0n) is 20.1. The van der Waals surface area contributed by atoms with Crippen molar-refractivity contribution >= 4 is 17.9 Å². The second-order valence-corrected chi connectivity index (χ2v) is 8.98. The molecule has 190 valence electrons. The van der Waals surface area contributed by atoms with Gasteiger partial charge in [0.25, 0.3) is 0 Å². The lowest BCUT2D eigenvalue weighted by Crippen LogP contribution is -2.44. The highest BCUT2D eigenvalue weighted by Gasteiger charge is 2.18. The minimum Gasteiger partial charge on any atom is -0.480 e. The highest BCUT2D eigenvalue weighted by molar-refractivity contribution is 5.69. The normalized spacial score (nSPS) is 18.9. The van der Waals surface area contributed by atoms with Crippen molar-refractivity contribution in [1.29, 1.82) is 0 Å². The molecule has 0 saturated carbocycles. The van der Waals surface area contributed by atoms with E-state index in [1.54, 1.807) is 4.90 Å². The van der Waals surface area contributed by atoms with Gasteiger partial charge in [-0.25, -0.2) is 0 Å². The van der Waals surface area contributed by atoms with Gasteiger partial charge in [0.2, 0.25) is 0 Å². The molecule has 1 heterocycles. The topological polar surface area (TPSA) is 125 Å². The summed E-state index contributed by atoms with van der Waals surface area (Å²) >= 11 is 0. The van der Waals surface area contributed by atoms with Gasteiger partial charge in [0.1, 0.15) is 0 Å². The van der Waals surface area contributed by atoms with E-state index in [2.05, 4.69) is 29.2 Å². The molecular weight excluding hydrogens is 440 g/mol. The van der Waals surface area contributed by atoms with Crippen LogP contribution in [-0.2, 0) is 20.9 Å². The fourth-order valence-corrected chi connectivity index (χ4v) is 4.21. The van der Waals surface area contributed by atoms with Crippen LogP contribution in [0, 0.1) is 6.92 Å². The van der Waals surface area contributed by atoms with E-state index in [9.17, 15) is 29.7 Å². The Morgan fingerprint density at radius 2 is 0.971 bits per heavy atom. The largest absolute Gasteiger partial charge is 0.480 e. The average molecular weight is 479 g/mol. The Balaban J connectivity index is 2.12. The van der Waals surface area contributed by atoms with Gasteiger partial charge in [0, 0.05) is 52.4 Å². The van der Waals surface area contributed by atoms with E-state index < -0.39 is 17.9 Å². The van der Waals surface area contributed by atoms with Crippen LogP contribution >= 0.6 is 0 Å². The zero-order valence-corrected chi connectivity index (χ0v) is 20.1. The Bertz CT molecular complexity index is 788. The molecule has 0 spiro atoms. The quantitative estimate of drug-likeness (QED) is 0.493. The molecule has 0 unspecified atom stereocenters. The molecule has 10 nitrogen and oxygen atoms in total. The lowest BCUT2D eigenvalue weighted by atomic mass is 10.1. The van der Waals surface area contributed by atoms with Crippen molar-refractivity contribution in [3.05, 3.63) is 35.4 Å². The summed E-state index contributed by atoms with van der Waals surface area (Å²) in [6.07, 6.45) is 1.40. The van der Waals surface area contributed by atoms with Gasteiger partial charge in [-0.1, -0.05) is 29.8 Å². The number of carboxylic acid groups (broad SMARTS) is 3. The fourth-order valence-electron chi connectivity index (χ4n) is 4.21. The minimum atomic E-state index is -0.931. The van der Waals surface area contributed by atoms with E-state index in [-0.39, 0.29) is 19.6 Å². The predicted molar refractivity (Wildman–Crippen MR) is 128 cm³/mol. The average Bonchev–Trinajstić information content (AvgIpc) is 2.74. The van der Waals surface area contributed by atoms with E-state index in [0.29, 0.717) is 52.2 Å². The van der Waals surface area contributed by atoms with Gasteiger partial charge < -0.3 is 15.3 Å². The number of hydrogen-bond donors (Lipinski definition) is 3. The number of carboxylic acids is 3. The highest BCUT2D eigenvalue weighted by atomic mass is 16.4. The Hall–Kier alpha value is -2.53. The molecule has 0 bridgehead atoms. The number of hydrogen-bond acceptors (Lipinski definition) is 7. The van der Waals surface area contributed by atoms with E-state index in [4.69, 9.17) is 0 Å². The molecule has 0 aliphatic carbocycles. The number of benzene rings is 1. The Morgan fingerprint density at radius 1 is 0.618 bits per heavy atom. The van der Waals surface area contributed by atoms with Gasteiger partial charge in [-0.2, -0.15) is 0 Å². The summed E-state index contributed by atoms with van der Waals surface area (Å²) in [7, 11) is 0. The Kier molecular flexibility index (Phi) is 12.0. The van der Waals surface area contributed by atoms with Crippen LogP contribution in [0.4, 0.5) is 0 Å². The van der Waals surface area contributed by atoms with Gasteiger partial charge >= 0.3 is 17.9 Å². The molecular formula is C24H38N4O6. The van der Waals surface area contributed by atoms with Gasteiger partial charge in [-0.05, 0) is 31.9 Å². The molecule has 0 atom stereocenters. The molecule has 1 aromatic rings. The zero-order chi connectivity index (χ0) is 24.9. The molecule has 10 heteroatoms. The maximum absolute atomic E-state index is 11.4. The lowest BCUT2D eigenvalue weighted by Gasteiger charge is -2.31. The summed E-state index contributed by atoms with van der Waals surface area (Å²) in [6.45, 7) is 7.16. The minimum absolute atomic E-state index is 0.0519. The van der Waals surface area contributed by atoms with Crippen molar-refractivity contribution in [3.63, 3.8) is 0 Å². The second kappa shape index (κ2) is 14.7. The number of aliphatic carboxylic acids is 3. The first-order valence-corrected chi connectivity index (χ1v) is 11.8. The Labute approximate surface area is 201 Å². The van der Waals surface area contributed by atoms with Gasteiger partial charge in [0.15, 0.2) is 0 Å². The summed E-state index contributed by atoms with van der Waals surface area (Å²) in [4.78, 5) is 41.9. The van der Waals surface area contributed by atoms with Crippen molar-refractivity contribution < 1.29 is 29.7 Å². The van der Waals surface area contributed by atoms with Crippen LogP contribution < -0.4 is 0 Å². The van der Waals surface area contributed by atoms with Crippen LogP contribution in [0.2, 0.25) is 0 Å². The predicted octanol–water partition coefficient (Wildman–Crippen LogP) is 0.751. The first kappa shape index (κ1) is 27.7. The third-order valence-corrected chi connectivity index (χ3v) is 5.97. The van der Waals surface area contributed by atoms with Crippen molar-refractivity contribution in [3.8, 4) is 0 Å². The molecule has 1 aliphatic rings. The van der Waals surface area contributed by atoms with E-state index >= 15 is 0 Å². The van der Waals surface area contributed by atoms with Gasteiger partial charge in [0.05, 0.1) is 19.6 Å². The molecule has 0 radical (unpaired) electrons. The first-order valence-electron chi connectivity index (χ1n) is 11.8. The second-order valence-electron chi connectivity index (χ2n) is 8.98. The van der Waals surface area contributed by atoms with Crippen molar-refractivity contribution in [2.24, 2.45) is 0 Å². The van der Waals surface area contributed by atoms with Crippen molar-refractivity contribution in [2.45, 2.75) is 26.3 Å². The third kappa shape index (κ3) is 11.6. The van der Waals surface area contributed by atoms with Gasteiger partial charge in [-0.15, -0.1) is 0 Å². The van der Waals surface area contributed by atoms with E-state index in [1.165, 1.54) is 11.1 Å². The van der Waals surface area contributed by atoms with Gasteiger partial charge in [-0.3, -0.25) is 34.0 Å². The van der Waals surface area contributed by atoms with Crippen LogP contribution in [-0.4, -0.2) is 125 Å².